The molecule has 1 aliphatic carbocycles. The van der Waals surface area contributed by atoms with Crippen LogP contribution in [0, 0.1) is 11.3 Å². The van der Waals surface area contributed by atoms with Gasteiger partial charge in [-0.1, -0.05) is 43.2 Å². The highest BCUT2D eigenvalue weighted by atomic mass is 15.1. The molecule has 21 heavy (non-hydrogen) atoms. The molecule has 116 valence electrons. The van der Waals surface area contributed by atoms with E-state index in [0.29, 0.717) is 5.41 Å². The molecule has 0 atom stereocenters. The fourth-order valence-corrected chi connectivity index (χ4v) is 4.32. The number of likely N-dealkylation sites (tertiary alicyclic amines) is 1. The van der Waals surface area contributed by atoms with Gasteiger partial charge in [-0.2, -0.15) is 0 Å². The molecule has 2 N–H and O–H groups in total. The van der Waals surface area contributed by atoms with E-state index in [1.807, 2.05) is 0 Å². The smallest absolute Gasteiger partial charge is 0.00501 e. The van der Waals surface area contributed by atoms with Gasteiger partial charge in [0, 0.05) is 6.54 Å². The third kappa shape index (κ3) is 3.87. The van der Waals surface area contributed by atoms with Crippen molar-refractivity contribution >= 4 is 0 Å². The topological polar surface area (TPSA) is 29.3 Å². The van der Waals surface area contributed by atoms with Crippen LogP contribution in [-0.2, 0) is 6.42 Å². The third-order valence-electron chi connectivity index (χ3n) is 5.73. The predicted octanol–water partition coefficient (Wildman–Crippen LogP) is 3.46. The molecule has 2 fully saturated rings. The molecule has 3 rings (SSSR count). The normalized spacial score (nSPS) is 23.5. The lowest BCUT2D eigenvalue weighted by Gasteiger charge is -2.38. The largest absolute Gasteiger partial charge is 0.330 e. The van der Waals surface area contributed by atoms with Gasteiger partial charge >= 0.3 is 0 Å². The Bertz CT molecular complexity index is 414. The molecular weight excluding hydrogens is 256 g/mol. The molecule has 1 aromatic carbocycles. The maximum absolute atomic E-state index is 6.09. The van der Waals surface area contributed by atoms with Gasteiger partial charge in [0.15, 0.2) is 0 Å². The Morgan fingerprint density at radius 3 is 2.33 bits per heavy atom. The minimum absolute atomic E-state index is 0.451. The third-order valence-corrected chi connectivity index (χ3v) is 5.73. The molecule has 0 spiro atoms. The van der Waals surface area contributed by atoms with Gasteiger partial charge in [0.2, 0.25) is 0 Å². The molecule has 1 aliphatic heterocycles. The summed E-state index contributed by atoms with van der Waals surface area (Å²) in [6.07, 6.45) is 9.46. The van der Waals surface area contributed by atoms with Crippen LogP contribution in [0.25, 0.3) is 0 Å². The molecule has 1 aromatic rings. The number of piperidine rings is 1. The van der Waals surface area contributed by atoms with Crippen molar-refractivity contribution in [2.45, 2.75) is 44.9 Å². The molecule has 0 aromatic heterocycles. The van der Waals surface area contributed by atoms with Crippen LogP contribution in [-0.4, -0.2) is 31.1 Å². The zero-order valence-electron chi connectivity index (χ0n) is 13.3. The van der Waals surface area contributed by atoms with Crippen LogP contribution in [0.3, 0.4) is 0 Å². The van der Waals surface area contributed by atoms with Crippen LogP contribution >= 0.6 is 0 Å². The zero-order chi connectivity index (χ0) is 14.5. The van der Waals surface area contributed by atoms with Crippen molar-refractivity contribution in [1.82, 2.24) is 4.90 Å². The first-order valence-electron chi connectivity index (χ1n) is 8.76. The Balaban J connectivity index is 1.47. The van der Waals surface area contributed by atoms with Crippen LogP contribution in [0.5, 0.6) is 0 Å². The van der Waals surface area contributed by atoms with Gasteiger partial charge in [-0.25, -0.2) is 0 Å². The molecule has 0 radical (unpaired) electrons. The number of hydrogen-bond donors (Lipinski definition) is 1. The van der Waals surface area contributed by atoms with E-state index >= 15 is 0 Å². The van der Waals surface area contributed by atoms with Gasteiger partial charge < -0.3 is 10.6 Å². The van der Waals surface area contributed by atoms with E-state index < -0.39 is 0 Å². The van der Waals surface area contributed by atoms with Crippen molar-refractivity contribution in [3.05, 3.63) is 35.9 Å². The predicted molar refractivity (Wildman–Crippen MR) is 89.3 cm³/mol. The second-order valence-corrected chi connectivity index (χ2v) is 7.32. The van der Waals surface area contributed by atoms with Gasteiger partial charge in [-0.05, 0) is 68.6 Å². The van der Waals surface area contributed by atoms with E-state index in [4.69, 9.17) is 5.73 Å². The molecule has 1 saturated heterocycles. The highest BCUT2D eigenvalue weighted by molar-refractivity contribution is 5.15. The number of hydrogen-bond acceptors (Lipinski definition) is 2. The Morgan fingerprint density at radius 1 is 1.05 bits per heavy atom. The van der Waals surface area contributed by atoms with Gasteiger partial charge in [0.1, 0.15) is 0 Å². The summed E-state index contributed by atoms with van der Waals surface area (Å²) in [5, 5.41) is 0. The van der Waals surface area contributed by atoms with Gasteiger partial charge in [-0.3, -0.25) is 0 Å². The van der Waals surface area contributed by atoms with E-state index in [9.17, 15) is 0 Å². The van der Waals surface area contributed by atoms with Crippen molar-refractivity contribution in [3.63, 3.8) is 0 Å². The fourth-order valence-electron chi connectivity index (χ4n) is 4.32. The highest BCUT2D eigenvalue weighted by Crippen LogP contribution is 2.38. The lowest BCUT2D eigenvalue weighted by molar-refractivity contribution is 0.116. The summed E-state index contributed by atoms with van der Waals surface area (Å²) in [4.78, 5) is 2.69. The zero-order valence-corrected chi connectivity index (χ0v) is 13.3. The molecule has 0 amide bonds. The second-order valence-electron chi connectivity index (χ2n) is 7.32. The Morgan fingerprint density at radius 2 is 1.71 bits per heavy atom. The number of nitrogens with two attached hydrogens (primary N) is 1. The maximum atomic E-state index is 6.09. The minimum Gasteiger partial charge on any atom is -0.330 e. The fraction of sp³-hybridized carbons (Fsp3) is 0.684. The van der Waals surface area contributed by atoms with E-state index in [-0.39, 0.29) is 0 Å². The molecule has 2 heteroatoms. The van der Waals surface area contributed by atoms with Crippen molar-refractivity contribution in [2.24, 2.45) is 17.1 Å². The summed E-state index contributed by atoms with van der Waals surface area (Å²) < 4.78 is 0. The molecule has 2 aliphatic rings. The second kappa shape index (κ2) is 6.93. The van der Waals surface area contributed by atoms with Crippen LogP contribution in [0.2, 0.25) is 0 Å². The SMILES string of the molecule is NCC1(CN2CCC(Cc3ccccc3)CC2)CCCC1. The number of benzene rings is 1. The minimum atomic E-state index is 0.451. The van der Waals surface area contributed by atoms with Gasteiger partial charge in [0.25, 0.3) is 0 Å². The molecule has 1 saturated carbocycles. The van der Waals surface area contributed by atoms with Gasteiger partial charge in [-0.15, -0.1) is 0 Å². The standard InChI is InChI=1S/C19H30N2/c20-15-19(10-4-5-11-19)16-21-12-8-18(9-13-21)14-17-6-2-1-3-7-17/h1-3,6-7,18H,4-5,8-16,20H2. The Labute approximate surface area is 129 Å². The lowest BCUT2D eigenvalue weighted by atomic mass is 9.84. The quantitative estimate of drug-likeness (QED) is 0.898. The van der Waals surface area contributed by atoms with Crippen LogP contribution in [0.4, 0.5) is 0 Å². The average molecular weight is 286 g/mol. The Hall–Kier alpha value is -0.860. The first-order valence-corrected chi connectivity index (χ1v) is 8.76. The monoisotopic (exact) mass is 286 g/mol. The summed E-state index contributed by atoms with van der Waals surface area (Å²) >= 11 is 0. The van der Waals surface area contributed by atoms with E-state index in [1.165, 1.54) is 70.1 Å². The van der Waals surface area contributed by atoms with E-state index in [1.54, 1.807) is 0 Å². The molecule has 0 unspecified atom stereocenters. The highest BCUT2D eigenvalue weighted by Gasteiger charge is 2.35. The first kappa shape index (κ1) is 15.1. The summed E-state index contributed by atoms with van der Waals surface area (Å²) in [7, 11) is 0. The number of rotatable bonds is 5. The molecule has 0 bridgehead atoms. The van der Waals surface area contributed by atoms with Crippen molar-refractivity contribution in [1.29, 1.82) is 0 Å². The maximum Gasteiger partial charge on any atom is 0.00501 e. The van der Waals surface area contributed by atoms with Crippen LogP contribution < -0.4 is 5.73 Å². The average Bonchev–Trinajstić information content (AvgIpc) is 2.99. The first-order chi connectivity index (χ1) is 10.3. The lowest BCUT2D eigenvalue weighted by Crippen LogP contribution is -2.44. The van der Waals surface area contributed by atoms with Gasteiger partial charge in [0.05, 0.1) is 0 Å². The summed E-state index contributed by atoms with van der Waals surface area (Å²) in [6, 6.07) is 11.0. The Kier molecular flexibility index (Phi) is 4.97. The summed E-state index contributed by atoms with van der Waals surface area (Å²) in [5.74, 6) is 0.876. The molecule has 2 nitrogen and oxygen atoms in total. The van der Waals surface area contributed by atoms with Crippen LogP contribution in [0.15, 0.2) is 30.3 Å². The van der Waals surface area contributed by atoms with Crippen molar-refractivity contribution < 1.29 is 0 Å². The summed E-state index contributed by atoms with van der Waals surface area (Å²) in [5.41, 5.74) is 8.04. The van der Waals surface area contributed by atoms with Crippen molar-refractivity contribution in [2.75, 3.05) is 26.2 Å². The molecule has 1 heterocycles. The summed E-state index contributed by atoms with van der Waals surface area (Å²) in [6.45, 7) is 4.69. The van der Waals surface area contributed by atoms with E-state index in [0.717, 1.165) is 12.5 Å². The van der Waals surface area contributed by atoms with Crippen molar-refractivity contribution in [3.8, 4) is 0 Å². The number of nitrogens with zero attached hydrogens (tertiary/aromatic N) is 1. The molecular formula is C19H30N2. The van der Waals surface area contributed by atoms with Crippen LogP contribution in [0.1, 0.15) is 44.1 Å². The van der Waals surface area contributed by atoms with E-state index in [2.05, 4.69) is 35.2 Å².